The molecule has 0 unspecified atom stereocenters. The molecule has 0 saturated heterocycles. The minimum absolute atomic E-state index is 0.0548. The number of carbonyl (C=O) groups is 2. The van der Waals surface area contributed by atoms with Crippen molar-refractivity contribution in [3.05, 3.63) is 130 Å². The Bertz CT molecular complexity index is 1710. The van der Waals surface area contributed by atoms with Crippen LogP contribution in [-0.2, 0) is 32.6 Å². The first kappa shape index (κ1) is 34.0. The van der Waals surface area contributed by atoms with Crippen LogP contribution in [0, 0.1) is 5.82 Å². The first-order chi connectivity index (χ1) is 21.5. The first-order valence-electron chi connectivity index (χ1n) is 14.4. The molecule has 0 aliphatic rings. The zero-order chi connectivity index (χ0) is 32.6. The van der Waals surface area contributed by atoms with Gasteiger partial charge in [-0.05, 0) is 55.3 Å². The van der Waals surface area contributed by atoms with E-state index in [1.165, 1.54) is 53.4 Å². The summed E-state index contributed by atoms with van der Waals surface area (Å²) in [5.41, 5.74) is 0.992. The van der Waals surface area contributed by atoms with Gasteiger partial charge in [-0.3, -0.25) is 13.9 Å². The van der Waals surface area contributed by atoms with Crippen molar-refractivity contribution in [3.8, 4) is 0 Å². The third-order valence-corrected chi connectivity index (χ3v) is 9.54. The molecule has 4 aromatic rings. The van der Waals surface area contributed by atoms with Gasteiger partial charge in [0.05, 0.1) is 10.6 Å². The number of hydrogen-bond acceptors (Lipinski definition) is 4. The highest BCUT2D eigenvalue weighted by atomic mass is 35.5. The fraction of sp³-hybridized carbons (Fsp3) is 0.235. The normalized spacial score (nSPS) is 12.6. The molecule has 11 heteroatoms. The van der Waals surface area contributed by atoms with Crippen molar-refractivity contribution >= 4 is 50.7 Å². The summed E-state index contributed by atoms with van der Waals surface area (Å²) in [7, 11) is -4.33. The van der Waals surface area contributed by atoms with E-state index in [2.05, 4.69) is 5.32 Å². The molecule has 0 aliphatic heterocycles. The summed E-state index contributed by atoms with van der Waals surface area (Å²) in [4.78, 5) is 29.4. The van der Waals surface area contributed by atoms with Crippen LogP contribution in [0.4, 0.5) is 10.1 Å². The molecule has 0 bridgehead atoms. The van der Waals surface area contributed by atoms with Crippen LogP contribution in [0.3, 0.4) is 0 Å². The second-order valence-electron chi connectivity index (χ2n) is 10.6. The van der Waals surface area contributed by atoms with E-state index in [-0.39, 0.29) is 45.2 Å². The van der Waals surface area contributed by atoms with Gasteiger partial charge in [-0.2, -0.15) is 0 Å². The SMILES string of the molecule is CC[C@H](C)NC(=O)[C@@H](Cc1ccccc1)N(Cc1ccccc1F)C(=O)CN(c1cc(Cl)cc(Cl)c1)S(=O)(=O)c1ccccc1. The van der Waals surface area contributed by atoms with Crippen molar-refractivity contribution in [1.29, 1.82) is 0 Å². The molecule has 45 heavy (non-hydrogen) atoms. The Hall–Kier alpha value is -3.92. The van der Waals surface area contributed by atoms with Gasteiger partial charge in [0.1, 0.15) is 18.4 Å². The predicted octanol–water partition coefficient (Wildman–Crippen LogP) is 6.88. The first-order valence-corrected chi connectivity index (χ1v) is 16.6. The van der Waals surface area contributed by atoms with Crippen LogP contribution in [0.5, 0.6) is 0 Å². The molecule has 7 nitrogen and oxygen atoms in total. The van der Waals surface area contributed by atoms with Crippen molar-refractivity contribution in [2.75, 3.05) is 10.8 Å². The molecule has 0 heterocycles. The third kappa shape index (κ3) is 8.84. The Labute approximate surface area is 273 Å². The lowest BCUT2D eigenvalue weighted by molar-refractivity contribution is -0.140. The average Bonchev–Trinajstić information content (AvgIpc) is 3.02. The minimum atomic E-state index is -4.33. The summed E-state index contributed by atoms with van der Waals surface area (Å²) in [6.07, 6.45) is 0.751. The zero-order valence-corrected chi connectivity index (χ0v) is 27.2. The monoisotopic (exact) mass is 669 g/mol. The van der Waals surface area contributed by atoms with Crippen LogP contribution in [0.1, 0.15) is 31.4 Å². The molecule has 4 rings (SSSR count). The van der Waals surface area contributed by atoms with Gasteiger partial charge in [-0.15, -0.1) is 0 Å². The Morgan fingerprint density at radius 2 is 1.44 bits per heavy atom. The van der Waals surface area contributed by atoms with E-state index in [4.69, 9.17) is 23.2 Å². The molecule has 0 saturated carbocycles. The lowest BCUT2D eigenvalue weighted by atomic mass is 10.0. The van der Waals surface area contributed by atoms with E-state index in [0.717, 1.165) is 9.87 Å². The van der Waals surface area contributed by atoms with Gasteiger partial charge in [0.25, 0.3) is 10.0 Å². The highest BCUT2D eigenvalue weighted by Crippen LogP contribution is 2.30. The summed E-state index contributed by atoms with van der Waals surface area (Å²) in [6.45, 7) is 2.76. The molecule has 2 amide bonds. The Morgan fingerprint density at radius 1 is 0.867 bits per heavy atom. The summed E-state index contributed by atoms with van der Waals surface area (Å²) < 4.78 is 44.0. The standard InChI is InChI=1S/C34H34Cl2FN3O4S/c1-3-24(2)38-34(42)32(18-25-12-6-4-7-13-25)39(22-26-14-10-11-17-31(26)37)33(41)23-40(29-20-27(35)19-28(36)21-29)45(43,44)30-15-8-5-9-16-30/h4-17,19-21,24,32H,3,18,22-23H2,1-2H3,(H,38,42)/t24-,32+/m0/s1. The van der Waals surface area contributed by atoms with E-state index in [1.807, 2.05) is 44.2 Å². The number of nitrogens with one attached hydrogen (secondary N) is 1. The maximum absolute atomic E-state index is 15.0. The number of nitrogens with zero attached hydrogens (tertiary/aromatic N) is 2. The van der Waals surface area contributed by atoms with Crippen molar-refractivity contribution in [2.45, 2.75) is 50.2 Å². The van der Waals surface area contributed by atoms with Crippen LogP contribution >= 0.6 is 23.2 Å². The minimum Gasteiger partial charge on any atom is -0.352 e. The third-order valence-electron chi connectivity index (χ3n) is 7.32. The van der Waals surface area contributed by atoms with E-state index in [9.17, 15) is 18.0 Å². The summed E-state index contributed by atoms with van der Waals surface area (Å²) in [5.74, 6) is -1.73. The van der Waals surface area contributed by atoms with E-state index in [1.54, 1.807) is 24.3 Å². The molecule has 0 aromatic heterocycles. The maximum atomic E-state index is 15.0. The van der Waals surface area contributed by atoms with E-state index in [0.29, 0.717) is 6.42 Å². The molecular weight excluding hydrogens is 636 g/mol. The lowest BCUT2D eigenvalue weighted by Crippen LogP contribution is -2.54. The summed E-state index contributed by atoms with van der Waals surface area (Å²) >= 11 is 12.5. The number of carbonyl (C=O) groups excluding carboxylic acids is 2. The number of anilines is 1. The second kappa shape index (κ2) is 15.4. The van der Waals surface area contributed by atoms with Gasteiger partial charge in [-0.25, -0.2) is 12.8 Å². The Kier molecular flexibility index (Phi) is 11.6. The smallest absolute Gasteiger partial charge is 0.264 e. The number of halogens is 3. The topological polar surface area (TPSA) is 86.8 Å². The highest BCUT2D eigenvalue weighted by Gasteiger charge is 2.35. The van der Waals surface area contributed by atoms with Gasteiger partial charge in [-0.1, -0.05) is 96.9 Å². The van der Waals surface area contributed by atoms with Gasteiger partial charge < -0.3 is 10.2 Å². The van der Waals surface area contributed by atoms with Gasteiger partial charge in [0.15, 0.2) is 0 Å². The number of hydrogen-bond donors (Lipinski definition) is 1. The van der Waals surface area contributed by atoms with Crippen molar-refractivity contribution in [1.82, 2.24) is 10.2 Å². The molecule has 2 atom stereocenters. The van der Waals surface area contributed by atoms with Crippen molar-refractivity contribution < 1.29 is 22.4 Å². The molecule has 236 valence electrons. The average molecular weight is 671 g/mol. The molecule has 1 N–H and O–H groups in total. The Balaban J connectivity index is 1.83. The largest absolute Gasteiger partial charge is 0.352 e. The predicted molar refractivity (Wildman–Crippen MR) is 176 cm³/mol. The van der Waals surface area contributed by atoms with E-state index < -0.39 is 40.2 Å². The Morgan fingerprint density at radius 3 is 2.04 bits per heavy atom. The maximum Gasteiger partial charge on any atom is 0.264 e. The second-order valence-corrected chi connectivity index (χ2v) is 13.3. The molecule has 0 fully saturated rings. The summed E-state index contributed by atoms with van der Waals surface area (Å²) in [6, 6.07) is 25.6. The van der Waals surface area contributed by atoms with Gasteiger partial charge in [0.2, 0.25) is 11.8 Å². The van der Waals surface area contributed by atoms with Crippen LogP contribution < -0.4 is 9.62 Å². The molecular formula is C34H34Cl2FN3O4S. The number of sulfonamides is 1. The van der Waals surface area contributed by atoms with Gasteiger partial charge in [0, 0.05) is 34.6 Å². The van der Waals surface area contributed by atoms with E-state index >= 15 is 4.39 Å². The van der Waals surface area contributed by atoms with Gasteiger partial charge >= 0.3 is 0 Å². The van der Waals surface area contributed by atoms with Crippen LogP contribution in [-0.4, -0.2) is 43.8 Å². The van der Waals surface area contributed by atoms with Crippen molar-refractivity contribution in [3.63, 3.8) is 0 Å². The number of rotatable bonds is 13. The highest BCUT2D eigenvalue weighted by molar-refractivity contribution is 7.92. The van der Waals surface area contributed by atoms with Crippen molar-refractivity contribution in [2.24, 2.45) is 0 Å². The van der Waals surface area contributed by atoms with Crippen LogP contribution in [0.2, 0.25) is 10.0 Å². The van der Waals surface area contributed by atoms with Crippen LogP contribution in [0.25, 0.3) is 0 Å². The fourth-order valence-corrected chi connectivity index (χ4v) is 6.67. The lowest BCUT2D eigenvalue weighted by Gasteiger charge is -2.34. The zero-order valence-electron chi connectivity index (χ0n) is 24.9. The van der Waals surface area contributed by atoms with Crippen LogP contribution in [0.15, 0.2) is 108 Å². The number of benzene rings is 4. The molecule has 0 aliphatic carbocycles. The summed E-state index contributed by atoms with van der Waals surface area (Å²) in [5, 5.41) is 3.27. The molecule has 0 radical (unpaired) electrons. The molecule has 4 aromatic carbocycles. The quantitative estimate of drug-likeness (QED) is 0.168. The molecule has 0 spiro atoms. The number of amides is 2. The fourth-order valence-electron chi connectivity index (χ4n) is 4.74.